The van der Waals surface area contributed by atoms with Crippen LogP contribution in [0, 0.1) is 0 Å². The third-order valence-electron chi connectivity index (χ3n) is 2.83. The molecule has 96 valence electrons. The van der Waals surface area contributed by atoms with Gasteiger partial charge in [0.1, 0.15) is 0 Å². The monoisotopic (exact) mass is 251 g/mol. The standard InChI is InChI=1S/C11H22ClNO3/c1-13(5-9-16-8-4-12)10-11(14)2-6-15-7-3-11/h14H,2-10H2,1H3. The molecule has 0 unspecified atom stereocenters. The highest BCUT2D eigenvalue weighted by Gasteiger charge is 2.30. The van der Waals surface area contributed by atoms with Crippen LogP contribution < -0.4 is 0 Å². The van der Waals surface area contributed by atoms with Gasteiger partial charge >= 0.3 is 0 Å². The number of hydrogen-bond donors (Lipinski definition) is 1. The Hall–Kier alpha value is 0.130. The molecule has 0 aromatic carbocycles. The highest BCUT2D eigenvalue weighted by molar-refractivity contribution is 6.17. The lowest BCUT2D eigenvalue weighted by molar-refractivity contribution is -0.0784. The average molecular weight is 252 g/mol. The van der Waals surface area contributed by atoms with Crippen molar-refractivity contribution in [3.8, 4) is 0 Å². The van der Waals surface area contributed by atoms with Crippen LogP contribution >= 0.6 is 11.6 Å². The van der Waals surface area contributed by atoms with Crippen molar-refractivity contribution in [3.05, 3.63) is 0 Å². The average Bonchev–Trinajstić information content (AvgIpc) is 2.25. The number of alkyl halides is 1. The summed E-state index contributed by atoms with van der Waals surface area (Å²) in [6.07, 6.45) is 1.44. The highest BCUT2D eigenvalue weighted by Crippen LogP contribution is 2.20. The van der Waals surface area contributed by atoms with E-state index in [1.807, 2.05) is 7.05 Å². The van der Waals surface area contributed by atoms with Crippen molar-refractivity contribution >= 4 is 11.6 Å². The first-order valence-electron chi connectivity index (χ1n) is 5.79. The van der Waals surface area contributed by atoms with E-state index in [2.05, 4.69) is 4.90 Å². The van der Waals surface area contributed by atoms with Crippen molar-refractivity contribution in [3.63, 3.8) is 0 Å². The van der Waals surface area contributed by atoms with Gasteiger partial charge in [-0.3, -0.25) is 0 Å². The van der Waals surface area contributed by atoms with Crippen molar-refractivity contribution in [1.82, 2.24) is 4.90 Å². The van der Waals surface area contributed by atoms with Gasteiger partial charge in [-0.15, -0.1) is 11.6 Å². The molecule has 0 amide bonds. The summed E-state index contributed by atoms with van der Waals surface area (Å²) in [6.45, 7) is 4.07. The van der Waals surface area contributed by atoms with E-state index in [0.29, 0.717) is 38.9 Å². The third kappa shape index (κ3) is 5.46. The second-order valence-electron chi connectivity index (χ2n) is 4.38. The van der Waals surface area contributed by atoms with Crippen LogP contribution in [0.3, 0.4) is 0 Å². The van der Waals surface area contributed by atoms with Crippen LogP contribution in [-0.2, 0) is 9.47 Å². The van der Waals surface area contributed by atoms with Gasteiger partial charge in [0.15, 0.2) is 0 Å². The summed E-state index contributed by atoms with van der Waals surface area (Å²) in [5, 5.41) is 10.3. The molecule has 1 saturated heterocycles. The van der Waals surface area contributed by atoms with Gasteiger partial charge in [0.25, 0.3) is 0 Å². The Morgan fingerprint density at radius 1 is 1.38 bits per heavy atom. The second kappa shape index (κ2) is 7.45. The fourth-order valence-electron chi connectivity index (χ4n) is 1.87. The van der Waals surface area contributed by atoms with E-state index in [1.54, 1.807) is 0 Å². The molecule has 1 fully saturated rings. The van der Waals surface area contributed by atoms with Crippen LogP contribution in [0.4, 0.5) is 0 Å². The van der Waals surface area contributed by atoms with Crippen LogP contribution in [0.5, 0.6) is 0 Å². The highest BCUT2D eigenvalue weighted by atomic mass is 35.5. The summed E-state index contributed by atoms with van der Waals surface area (Å²) >= 11 is 5.50. The molecular formula is C11H22ClNO3. The molecule has 1 rings (SSSR count). The fraction of sp³-hybridized carbons (Fsp3) is 1.00. The Bertz CT molecular complexity index is 186. The number of nitrogens with zero attached hydrogens (tertiary/aromatic N) is 1. The summed E-state index contributed by atoms with van der Waals surface area (Å²) in [7, 11) is 2.00. The number of ether oxygens (including phenoxy) is 2. The van der Waals surface area contributed by atoms with Crippen LogP contribution in [0.15, 0.2) is 0 Å². The molecular weight excluding hydrogens is 230 g/mol. The van der Waals surface area contributed by atoms with E-state index < -0.39 is 5.60 Å². The molecule has 0 radical (unpaired) electrons. The molecule has 0 aromatic rings. The van der Waals surface area contributed by atoms with E-state index in [9.17, 15) is 5.11 Å². The van der Waals surface area contributed by atoms with Gasteiger partial charge in [0.2, 0.25) is 0 Å². The van der Waals surface area contributed by atoms with Gasteiger partial charge in [-0.2, -0.15) is 0 Å². The lowest BCUT2D eigenvalue weighted by Gasteiger charge is -2.35. The van der Waals surface area contributed by atoms with Crippen LogP contribution in [0.25, 0.3) is 0 Å². The Balaban J connectivity index is 2.14. The van der Waals surface area contributed by atoms with Crippen LogP contribution in [0.2, 0.25) is 0 Å². The quantitative estimate of drug-likeness (QED) is 0.535. The molecule has 0 bridgehead atoms. The van der Waals surface area contributed by atoms with Crippen LogP contribution in [0.1, 0.15) is 12.8 Å². The minimum absolute atomic E-state index is 0.533. The maximum Gasteiger partial charge on any atom is 0.0817 e. The van der Waals surface area contributed by atoms with E-state index in [0.717, 1.165) is 19.4 Å². The predicted molar refractivity (Wildman–Crippen MR) is 64.0 cm³/mol. The second-order valence-corrected chi connectivity index (χ2v) is 4.75. The summed E-state index contributed by atoms with van der Waals surface area (Å²) in [4.78, 5) is 2.10. The molecule has 1 heterocycles. The largest absolute Gasteiger partial charge is 0.388 e. The zero-order valence-electron chi connectivity index (χ0n) is 9.95. The van der Waals surface area contributed by atoms with Crippen molar-refractivity contribution in [2.24, 2.45) is 0 Å². The molecule has 0 spiro atoms. The molecule has 16 heavy (non-hydrogen) atoms. The summed E-state index contributed by atoms with van der Waals surface area (Å²) in [5.41, 5.74) is -0.584. The third-order valence-corrected chi connectivity index (χ3v) is 2.98. The molecule has 4 nitrogen and oxygen atoms in total. The zero-order chi connectivity index (χ0) is 11.9. The van der Waals surface area contributed by atoms with Gasteiger partial charge in [-0.25, -0.2) is 0 Å². The maximum atomic E-state index is 10.3. The summed E-state index contributed by atoms with van der Waals surface area (Å²) < 4.78 is 10.5. The van der Waals surface area contributed by atoms with Crippen molar-refractivity contribution in [2.75, 3.05) is 52.4 Å². The number of likely N-dealkylation sites (N-methyl/N-ethyl adjacent to an activating group) is 1. The minimum Gasteiger partial charge on any atom is -0.388 e. The smallest absolute Gasteiger partial charge is 0.0817 e. The number of halogens is 1. The Morgan fingerprint density at radius 3 is 2.69 bits per heavy atom. The maximum absolute atomic E-state index is 10.3. The normalized spacial score (nSPS) is 20.2. The van der Waals surface area contributed by atoms with Gasteiger partial charge < -0.3 is 19.5 Å². The topological polar surface area (TPSA) is 41.9 Å². The molecule has 1 N–H and O–H groups in total. The van der Waals surface area contributed by atoms with Crippen molar-refractivity contribution in [1.29, 1.82) is 0 Å². The zero-order valence-corrected chi connectivity index (χ0v) is 10.7. The summed E-state index contributed by atoms with van der Waals surface area (Å²) in [5.74, 6) is 0.533. The lowest BCUT2D eigenvalue weighted by atomic mass is 9.94. The van der Waals surface area contributed by atoms with Crippen molar-refractivity contribution in [2.45, 2.75) is 18.4 Å². The Morgan fingerprint density at radius 2 is 2.06 bits per heavy atom. The van der Waals surface area contributed by atoms with Gasteiger partial charge in [-0.1, -0.05) is 0 Å². The van der Waals surface area contributed by atoms with Crippen LogP contribution in [-0.4, -0.2) is 68.1 Å². The fourth-order valence-corrected chi connectivity index (χ4v) is 1.98. The minimum atomic E-state index is -0.584. The Labute approximate surface area is 102 Å². The first-order chi connectivity index (χ1) is 7.66. The lowest BCUT2D eigenvalue weighted by Crippen LogP contribution is -2.46. The molecule has 0 aliphatic carbocycles. The van der Waals surface area contributed by atoms with E-state index in [-0.39, 0.29) is 0 Å². The molecule has 0 aromatic heterocycles. The predicted octanol–water partition coefficient (Wildman–Crippen LogP) is 0.715. The summed E-state index contributed by atoms with van der Waals surface area (Å²) in [6, 6.07) is 0. The number of aliphatic hydroxyl groups is 1. The Kier molecular flexibility index (Phi) is 6.61. The molecule has 0 saturated carbocycles. The van der Waals surface area contributed by atoms with Crippen molar-refractivity contribution < 1.29 is 14.6 Å². The molecule has 0 atom stereocenters. The SMILES string of the molecule is CN(CCOCCCl)CC1(O)CCOCC1. The van der Waals surface area contributed by atoms with Gasteiger partial charge in [0.05, 0.1) is 18.8 Å². The van der Waals surface area contributed by atoms with E-state index >= 15 is 0 Å². The van der Waals surface area contributed by atoms with E-state index in [4.69, 9.17) is 21.1 Å². The van der Waals surface area contributed by atoms with Gasteiger partial charge in [-0.05, 0) is 7.05 Å². The van der Waals surface area contributed by atoms with E-state index in [1.165, 1.54) is 0 Å². The molecule has 1 aliphatic heterocycles. The first-order valence-corrected chi connectivity index (χ1v) is 6.32. The molecule has 1 aliphatic rings. The first kappa shape index (κ1) is 14.2. The molecule has 5 heteroatoms. The number of hydrogen-bond acceptors (Lipinski definition) is 4. The number of rotatable bonds is 7. The van der Waals surface area contributed by atoms with Gasteiger partial charge in [0, 0.05) is 45.0 Å².